The Hall–Kier alpha value is -0.640. The highest BCUT2D eigenvalue weighted by Crippen LogP contribution is 2.25. The average molecular weight is 245 g/mol. The van der Waals surface area contributed by atoms with E-state index in [0.29, 0.717) is 11.4 Å². The molecule has 0 saturated carbocycles. The molecule has 0 amide bonds. The van der Waals surface area contributed by atoms with Crippen LogP contribution in [-0.4, -0.2) is 5.88 Å². The fourth-order valence-corrected chi connectivity index (χ4v) is 2.11. The quantitative estimate of drug-likeness (QED) is 0.475. The number of hydrogen-bond acceptors (Lipinski definition) is 2. The first-order valence-corrected chi connectivity index (χ1v) is 5.92. The van der Waals surface area contributed by atoms with Gasteiger partial charge in [-0.25, -0.2) is 4.39 Å². The summed E-state index contributed by atoms with van der Waals surface area (Å²) in [5.41, 5.74) is 5.16. The average Bonchev–Trinajstić information content (AvgIpc) is 2.21. The number of nitrogens with two attached hydrogens (primary N) is 1. The van der Waals surface area contributed by atoms with Gasteiger partial charge in [-0.3, -0.25) is 11.3 Å². The third-order valence-corrected chi connectivity index (χ3v) is 2.92. The molecule has 1 rings (SSSR count). The molecule has 3 N–H and O–H groups in total. The maximum atomic E-state index is 13.8. The molecule has 16 heavy (non-hydrogen) atoms. The van der Waals surface area contributed by atoms with Crippen molar-refractivity contribution in [3.05, 3.63) is 34.6 Å². The van der Waals surface area contributed by atoms with Gasteiger partial charge in [0.15, 0.2) is 0 Å². The Bertz CT molecular complexity index is 332. The molecule has 0 aliphatic heterocycles. The molecule has 0 fully saturated rings. The minimum atomic E-state index is -0.199. The molecule has 1 unspecified atom stereocenters. The summed E-state index contributed by atoms with van der Waals surface area (Å²) < 4.78 is 13.8. The van der Waals surface area contributed by atoms with Crippen molar-refractivity contribution in [1.29, 1.82) is 0 Å². The van der Waals surface area contributed by atoms with Crippen LogP contribution in [0.2, 0.25) is 0 Å². The van der Waals surface area contributed by atoms with Gasteiger partial charge in [0.25, 0.3) is 0 Å². The Labute approximate surface area is 101 Å². The molecule has 0 heterocycles. The van der Waals surface area contributed by atoms with Crippen molar-refractivity contribution in [2.75, 3.05) is 5.88 Å². The van der Waals surface area contributed by atoms with Crippen LogP contribution in [0.3, 0.4) is 0 Å². The topological polar surface area (TPSA) is 38.0 Å². The molecule has 0 bridgehead atoms. The monoisotopic (exact) mass is 244 g/mol. The van der Waals surface area contributed by atoms with Crippen molar-refractivity contribution < 1.29 is 4.39 Å². The highest BCUT2D eigenvalue weighted by Gasteiger charge is 2.16. The van der Waals surface area contributed by atoms with Crippen molar-refractivity contribution in [1.82, 2.24) is 5.43 Å². The zero-order valence-electron chi connectivity index (χ0n) is 9.69. The third kappa shape index (κ3) is 3.17. The van der Waals surface area contributed by atoms with E-state index in [-0.39, 0.29) is 11.9 Å². The Morgan fingerprint density at radius 1 is 1.44 bits per heavy atom. The van der Waals surface area contributed by atoms with Crippen LogP contribution >= 0.6 is 11.6 Å². The van der Waals surface area contributed by atoms with Crippen molar-refractivity contribution >= 4 is 11.6 Å². The van der Waals surface area contributed by atoms with Crippen LogP contribution < -0.4 is 11.3 Å². The number of alkyl halides is 1. The van der Waals surface area contributed by atoms with Gasteiger partial charge >= 0.3 is 0 Å². The number of rotatable bonds is 5. The Balaban J connectivity index is 2.99. The van der Waals surface area contributed by atoms with Crippen molar-refractivity contribution in [2.45, 2.75) is 32.7 Å². The van der Waals surface area contributed by atoms with Crippen molar-refractivity contribution in [2.24, 2.45) is 5.84 Å². The minimum absolute atomic E-state index is 0.167. The van der Waals surface area contributed by atoms with Gasteiger partial charge in [-0.2, -0.15) is 0 Å². The van der Waals surface area contributed by atoms with Gasteiger partial charge in [0, 0.05) is 17.5 Å². The summed E-state index contributed by atoms with van der Waals surface area (Å²) in [6.07, 6.45) is 1.55. The minimum Gasteiger partial charge on any atom is -0.271 e. The van der Waals surface area contributed by atoms with Crippen LogP contribution in [0, 0.1) is 19.7 Å². The lowest BCUT2D eigenvalue weighted by Crippen LogP contribution is -2.29. The second-order valence-electron chi connectivity index (χ2n) is 4.03. The highest BCUT2D eigenvalue weighted by molar-refractivity contribution is 6.17. The van der Waals surface area contributed by atoms with Crippen molar-refractivity contribution in [3.8, 4) is 0 Å². The number of nitrogens with one attached hydrogen (secondary N) is 1. The molecule has 1 aromatic rings. The summed E-state index contributed by atoms with van der Waals surface area (Å²) in [7, 11) is 0. The summed E-state index contributed by atoms with van der Waals surface area (Å²) in [5, 5.41) is 0. The molecule has 0 aliphatic rings. The van der Waals surface area contributed by atoms with E-state index < -0.39 is 0 Å². The summed E-state index contributed by atoms with van der Waals surface area (Å²) in [6.45, 7) is 3.78. The van der Waals surface area contributed by atoms with Gasteiger partial charge in [-0.05, 0) is 43.9 Å². The predicted molar refractivity (Wildman–Crippen MR) is 65.9 cm³/mol. The van der Waals surface area contributed by atoms with Gasteiger partial charge < -0.3 is 0 Å². The first kappa shape index (κ1) is 13.4. The largest absolute Gasteiger partial charge is 0.271 e. The number of benzene rings is 1. The first-order chi connectivity index (χ1) is 7.60. The fourth-order valence-electron chi connectivity index (χ4n) is 1.96. The van der Waals surface area contributed by atoms with E-state index in [9.17, 15) is 4.39 Å². The second kappa shape index (κ2) is 6.18. The van der Waals surface area contributed by atoms with E-state index in [1.807, 2.05) is 19.9 Å². The maximum absolute atomic E-state index is 13.8. The zero-order chi connectivity index (χ0) is 12.1. The molecule has 0 aromatic heterocycles. The molecule has 0 radical (unpaired) electrons. The van der Waals surface area contributed by atoms with Gasteiger partial charge in [0.1, 0.15) is 5.82 Å². The van der Waals surface area contributed by atoms with E-state index in [2.05, 4.69) is 5.43 Å². The van der Waals surface area contributed by atoms with Crippen LogP contribution in [0.25, 0.3) is 0 Å². The number of halogens is 2. The van der Waals surface area contributed by atoms with Crippen LogP contribution in [0.5, 0.6) is 0 Å². The number of aryl methyl sites for hydroxylation is 2. The molecule has 4 heteroatoms. The number of hydrogen-bond donors (Lipinski definition) is 2. The molecule has 2 nitrogen and oxygen atoms in total. The van der Waals surface area contributed by atoms with Crippen LogP contribution in [-0.2, 0) is 0 Å². The van der Waals surface area contributed by atoms with Gasteiger partial charge in [-0.1, -0.05) is 6.07 Å². The Kier molecular flexibility index (Phi) is 5.19. The van der Waals surface area contributed by atoms with Gasteiger partial charge in [0.2, 0.25) is 0 Å². The molecular weight excluding hydrogens is 227 g/mol. The molecule has 90 valence electrons. The second-order valence-corrected chi connectivity index (χ2v) is 4.41. The zero-order valence-corrected chi connectivity index (χ0v) is 10.4. The Morgan fingerprint density at radius 2 is 2.12 bits per heavy atom. The molecule has 0 spiro atoms. The molecule has 0 saturated heterocycles. The van der Waals surface area contributed by atoms with E-state index in [1.54, 1.807) is 0 Å². The summed E-state index contributed by atoms with van der Waals surface area (Å²) in [4.78, 5) is 0. The highest BCUT2D eigenvalue weighted by atomic mass is 35.5. The molecular formula is C12H18ClFN2. The van der Waals surface area contributed by atoms with E-state index in [4.69, 9.17) is 17.4 Å². The Morgan fingerprint density at radius 3 is 2.62 bits per heavy atom. The molecule has 0 aliphatic carbocycles. The summed E-state index contributed by atoms with van der Waals surface area (Å²) >= 11 is 5.63. The fraction of sp³-hybridized carbons (Fsp3) is 0.500. The van der Waals surface area contributed by atoms with Crippen LogP contribution in [0.1, 0.15) is 35.6 Å². The maximum Gasteiger partial charge on any atom is 0.128 e. The standard InChI is InChI=1S/C12H18ClFN2/c1-8-6-9(2)12(10(14)7-8)11(16-15)4-3-5-13/h6-7,11,16H,3-5,15H2,1-2H3. The lowest BCUT2D eigenvalue weighted by atomic mass is 9.96. The summed E-state index contributed by atoms with van der Waals surface area (Å²) in [6, 6.07) is 3.33. The van der Waals surface area contributed by atoms with Gasteiger partial charge in [0.05, 0.1) is 0 Å². The van der Waals surface area contributed by atoms with E-state index in [0.717, 1.165) is 24.0 Å². The lowest BCUT2D eigenvalue weighted by Gasteiger charge is -2.19. The van der Waals surface area contributed by atoms with Gasteiger partial charge in [-0.15, -0.1) is 11.6 Å². The van der Waals surface area contributed by atoms with E-state index >= 15 is 0 Å². The van der Waals surface area contributed by atoms with Crippen LogP contribution in [0.4, 0.5) is 4.39 Å². The predicted octanol–water partition coefficient (Wildman–Crippen LogP) is 2.97. The third-order valence-electron chi connectivity index (χ3n) is 2.66. The first-order valence-electron chi connectivity index (χ1n) is 5.39. The van der Waals surface area contributed by atoms with Crippen molar-refractivity contribution in [3.63, 3.8) is 0 Å². The summed E-state index contributed by atoms with van der Waals surface area (Å²) in [5.74, 6) is 5.82. The normalized spacial score (nSPS) is 12.8. The smallest absolute Gasteiger partial charge is 0.128 e. The van der Waals surface area contributed by atoms with E-state index in [1.165, 1.54) is 6.07 Å². The SMILES string of the molecule is Cc1cc(C)c(C(CCCCl)NN)c(F)c1. The lowest BCUT2D eigenvalue weighted by molar-refractivity contribution is 0.479. The molecule has 1 atom stereocenters. The number of hydrazine groups is 1. The van der Waals surface area contributed by atoms with Crippen LogP contribution in [0.15, 0.2) is 12.1 Å². The molecule has 1 aromatic carbocycles.